The minimum atomic E-state index is -0.732. The van der Waals surface area contributed by atoms with Gasteiger partial charge in [0.15, 0.2) is 0 Å². The summed E-state index contributed by atoms with van der Waals surface area (Å²) in [5, 5.41) is 16.4. The van der Waals surface area contributed by atoms with E-state index in [2.05, 4.69) is 10.3 Å². The van der Waals surface area contributed by atoms with Gasteiger partial charge in [-0.3, -0.25) is 9.78 Å². The number of carbonyl (C=O) groups is 1. The van der Waals surface area contributed by atoms with Crippen molar-refractivity contribution in [3.63, 3.8) is 0 Å². The van der Waals surface area contributed by atoms with E-state index in [0.717, 1.165) is 5.56 Å². The molecule has 2 N–H and O–H groups in total. The second-order valence-corrected chi connectivity index (χ2v) is 5.85. The first-order valence-electron chi connectivity index (χ1n) is 7.39. The smallest absolute Gasteiger partial charge is 0.270 e. The topological polar surface area (TPSA) is 71.5 Å². The molecular weight excluding hydrogens is 324 g/mol. The third kappa shape index (κ3) is 4.18. The highest BCUT2D eigenvalue weighted by Gasteiger charge is 2.13. The Morgan fingerprint density at radius 1 is 1.21 bits per heavy atom. The van der Waals surface area contributed by atoms with Crippen molar-refractivity contribution >= 4 is 17.2 Å². The number of nitrogens with one attached hydrogen (secondary N) is 1. The van der Waals surface area contributed by atoms with Crippen LogP contribution >= 0.6 is 11.3 Å². The normalized spacial score (nSPS) is 11.7. The molecular formula is C18H16N2O3S. The number of rotatable bonds is 6. The van der Waals surface area contributed by atoms with Crippen molar-refractivity contribution in [3.8, 4) is 11.5 Å². The third-order valence-electron chi connectivity index (χ3n) is 3.33. The van der Waals surface area contributed by atoms with Crippen molar-refractivity contribution in [3.05, 3.63) is 76.7 Å². The highest BCUT2D eigenvalue weighted by molar-refractivity contribution is 7.07. The molecule has 0 spiro atoms. The Morgan fingerprint density at radius 2 is 2.04 bits per heavy atom. The number of amides is 1. The number of pyridine rings is 1. The molecule has 1 aromatic carbocycles. The average Bonchev–Trinajstić information content (AvgIpc) is 3.15. The Balaban J connectivity index is 1.62. The van der Waals surface area contributed by atoms with E-state index in [-0.39, 0.29) is 18.1 Å². The molecule has 5 nitrogen and oxygen atoms in total. The molecule has 1 unspecified atom stereocenters. The summed E-state index contributed by atoms with van der Waals surface area (Å²) in [5.41, 5.74) is 1.02. The Bertz CT molecular complexity index is 791. The van der Waals surface area contributed by atoms with Gasteiger partial charge in [0.25, 0.3) is 5.91 Å². The van der Waals surface area contributed by atoms with Crippen LogP contribution in [0.1, 0.15) is 22.2 Å². The van der Waals surface area contributed by atoms with E-state index in [4.69, 9.17) is 4.74 Å². The Morgan fingerprint density at radius 3 is 2.79 bits per heavy atom. The zero-order valence-electron chi connectivity index (χ0n) is 12.8. The van der Waals surface area contributed by atoms with Gasteiger partial charge in [-0.15, -0.1) is 0 Å². The van der Waals surface area contributed by atoms with E-state index < -0.39 is 6.10 Å². The van der Waals surface area contributed by atoms with Gasteiger partial charge in [-0.05, 0) is 40.6 Å². The molecule has 2 aromatic heterocycles. The maximum Gasteiger partial charge on any atom is 0.270 e. The van der Waals surface area contributed by atoms with Crippen LogP contribution in [0.2, 0.25) is 0 Å². The van der Waals surface area contributed by atoms with E-state index >= 15 is 0 Å². The highest BCUT2D eigenvalue weighted by Crippen LogP contribution is 2.21. The molecule has 1 atom stereocenters. The number of benzene rings is 1. The number of thiophene rings is 1. The fraction of sp³-hybridized carbons (Fsp3) is 0.111. The lowest BCUT2D eigenvalue weighted by molar-refractivity contribution is 0.0911. The van der Waals surface area contributed by atoms with Gasteiger partial charge >= 0.3 is 0 Å². The fourth-order valence-electron chi connectivity index (χ4n) is 2.09. The maximum absolute atomic E-state index is 12.2. The number of aliphatic hydroxyl groups is 1. The molecule has 6 heteroatoms. The summed E-state index contributed by atoms with van der Waals surface area (Å²) < 4.78 is 5.69. The first kappa shape index (κ1) is 16.2. The molecule has 0 aliphatic carbocycles. The summed E-state index contributed by atoms with van der Waals surface area (Å²) in [7, 11) is 0. The van der Waals surface area contributed by atoms with E-state index in [0.29, 0.717) is 11.5 Å². The van der Waals surface area contributed by atoms with Gasteiger partial charge in [0, 0.05) is 18.8 Å². The second-order valence-electron chi connectivity index (χ2n) is 5.07. The van der Waals surface area contributed by atoms with E-state index in [1.54, 1.807) is 12.1 Å². The lowest BCUT2D eigenvalue weighted by Crippen LogP contribution is -2.28. The van der Waals surface area contributed by atoms with Gasteiger partial charge in [-0.1, -0.05) is 18.2 Å². The fourth-order valence-corrected chi connectivity index (χ4v) is 2.79. The van der Waals surface area contributed by atoms with Crippen LogP contribution in [0.4, 0.5) is 0 Å². The van der Waals surface area contributed by atoms with Crippen molar-refractivity contribution in [1.82, 2.24) is 10.3 Å². The van der Waals surface area contributed by atoms with E-state index in [1.165, 1.54) is 17.5 Å². The van der Waals surface area contributed by atoms with Gasteiger partial charge in [0.05, 0.1) is 6.10 Å². The summed E-state index contributed by atoms with van der Waals surface area (Å²) in [6.45, 7) is 0.126. The van der Waals surface area contributed by atoms with Crippen molar-refractivity contribution < 1.29 is 14.6 Å². The van der Waals surface area contributed by atoms with Gasteiger partial charge in [-0.2, -0.15) is 11.3 Å². The van der Waals surface area contributed by atoms with E-state index in [9.17, 15) is 9.90 Å². The van der Waals surface area contributed by atoms with Crippen LogP contribution in [0.3, 0.4) is 0 Å². The monoisotopic (exact) mass is 340 g/mol. The predicted octanol–water partition coefficient (Wildman–Crippen LogP) is 3.40. The van der Waals surface area contributed by atoms with Crippen LogP contribution in [0.15, 0.2) is 65.5 Å². The third-order valence-corrected chi connectivity index (χ3v) is 4.03. The highest BCUT2D eigenvalue weighted by atomic mass is 32.1. The number of hydrogen-bond acceptors (Lipinski definition) is 5. The Labute approximate surface area is 143 Å². The van der Waals surface area contributed by atoms with Crippen LogP contribution in [0.25, 0.3) is 0 Å². The van der Waals surface area contributed by atoms with Crippen LogP contribution in [0.5, 0.6) is 11.5 Å². The molecule has 0 aliphatic heterocycles. The minimum Gasteiger partial charge on any atom is -0.457 e. The Hall–Kier alpha value is -2.70. The van der Waals surface area contributed by atoms with Crippen molar-refractivity contribution in [1.29, 1.82) is 0 Å². The van der Waals surface area contributed by atoms with Crippen LogP contribution in [0, 0.1) is 0 Å². The number of ether oxygens (including phenoxy) is 1. The first-order chi connectivity index (χ1) is 11.7. The quantitative estimate of drug-likeness (QED) is 0.721. The summed E-state index contributed by atoms with van der Waals surface area (Å²) in [6.07, 6.45) is 0.784. The molecule has 2 heterocycles. The largest absolute Gasteiger partial charge is 0.457 e. The lowest BCUT2D eigenvalue weighted by Gasteiger charge is -2.11. The second kappa shape index (κ2) is 7.72. The number of aromatic nitrogens is 1. The SMILES string of the molecule is O=C(NCC(O)c1ccsc1)c1cc(Oc2ccccc2)ccn1. The first-order valence-corrected chi connectivity index (χ1v) is 8.34. The molecule has 1 amide bonds. The van der Waals surface area contributed by atoms with Gasteiger partial charge in [-0.25, -0.2) is 0 Å². The molecule has 0 aliphatic rings. The molecule has 3 rings (SSSR count). The summed E-state index contributed by atoms with van der Waals surface area (Å²) in [6, 6.07) is 14.4. The average molecular weight is 340 g/mol. The number of nitrogens with zero attached hydrogens (tertiary/aromatic N) is 1. The molecule has 0 bridgehead atoms. The number of para-hydroxylation sites is 1. The molecule has 0 fully saturated rings. The van der Waals surface area contributed by atoms with Crippen LogP contribution in [-0.4, -0.2) is 22.5 Å². The number of hydrogen-bond donors (Lipinski definition) is 2. The molecule has 0 radical (unpaired) electrons. The number of aliphatic hydroxyl groups excluding tert-OH is 1. The summed E-state index contributed by atoms with van der Waals surface area (Å²) in [5.74, 6) is 0.852. The molecule has 0 saturated carbocycles. The van der Waals surface area contributed by atoms with Crippen LogP contribution < -0.4 is 10.1 Å². The molecule has 0 saturated heterocycles. The van der Waals surface area contributed by atoms with Crippen molar-refractivity contribution in [2.45, 2.75) is 6.10 Å². The zero-order valence-corrected chi connectivity index (χ0v) is 13.6. The molecule has 24 heavy (non-hydrogen) atoms. The number of carbonyl (C=O) groups excluding carboxylic acids is 1. The van der Waals surface area contributed by atoms with Crippen molar-refractivity contribution in [2.75, 3.05) is 6.54 Å². The zero-order chi connectivity index (χ0) is 16.8. The van der Waals surface area contributed by atoms with Gasteiger partial charge < -0.3 is 15.2 Å². The maximum atomic E-state index is 12.2. The lowest BCUT2D eigenvalue weighted by atomic mass is 10.2. The standard InChI is InChI=1S/C18H16N2O3S/c21-17(13-7-9-24-12-13)11-20-18(22)16-10-15(6-8-19-16)23-14-4-2-1-3-5-14/h1-10,12,17,21H,11H2,(H,20,22). The minimum absolute atomic E-state index is 0.126. The predicted molar refractivity (Wildman–Crippen MR) is 92.4 cm³/mol. The Kier molecular flexibility index (Phi) is 5.20. The van der Waals surface area contributed by atoms with Gasteiger partial charge in [0.2, 0.25) is 0 Å². The summed E-state index contributed by atoms with van der Waals surface area (Å²) in [4.78, 5) is 16.2. The van der Waals surface area contributed by atoms with Crippen LogP contribution in [-0.2, 0) is 0 Å². The van der Waals surface area contributed by atoms with E-state index in [1.807, 2.05) is 47.2 Å². The summed E-state index contributed by atoms with van der Waals surface area (Å²) >= 11 is 1.50. The molecule has 3 aromatic rings. The molecule has 122 valence electrons. The van der Waals surface area contributed by atoms with Crippen molar-refractivity contribution in [2.24, 2.45) is 0 Å². The van der Waals surface area contributed by atoms with Gasteiger partial charge in [0.1, 0.15) is 17.2 Å².